The Kier molecular flexibility index (Phi) is 3.64. The van der Waals surface area contributed by atoms with Crippen LogP contribution in [0.2, 0.25) is 0 Å². The van der Waals surface area contributed by atoms with E-state index in [1.54, 1.807) is 20.2 Å². The Hall–Kier alpha value is -1.60. The molecule has 4 heteroatoms. The first-order valence-electron chi connectivity index (χ1n) is 4.43. The molecule has 0 aromatic carbocycles. The predicted molar refractivity (Wildman–Crippen MR) is 61.3 cm³/mol. The first kappa shape index (κ1) is 11.5. The van der Waals surface area contributed by atoms with Crippen LogP contribution in [0.25, 0.3) is 6.08 Å². The number of nitrogens with zero attached hydrogens (tertiary/aromatic N) is 2. The van der Waals surface area contributed by atoms with Gasteiger partial charge in [-0.2, -0.15) is 5.26 Å². The lowest BCUT2D eigenvalue weighted by Gasteiger charge is -2.08. The number of carbonyl (C=O) groups excluding carboxylic acids is 1. The lowest BCUT2D eigenvalue weighted by atomic mass is 10.2. The fraction of sp³-hybridized carbons (Fsp3) is 0.273. The Bertz CT molecular complexity index is 438. The standard InChI is InChI=1S/C11H12N2OS/c1-8-4-5-15-10(8)6-9(7-12)11(14)13(2)3/h4-6H,1-3H3/b9-6-. The largest absolute Gasteiger partial charge is 0.344 e. The summed E-state index contributed by atoms with van der Waals surface area (Å²) >= 11 is 1.52. The van der Waals surface area contributed by atoms with E-state index in [-0.39, 0.29) is 11.5 Å². The summed E-state index contributed by atoms with van der Waals surface area (Å²) in [6.45, 7) is 1.96. The van der Waals surface area contributed by atoms with E-state index in [0.717, 1.165) is 10.4 Å². The Morgan fingerprint density at radius 2 is 2.27 bits per heavy atom. The zero-order valence-corrected chi connectivity index (χ0v) is 9.76. The van der Waals surface area contributed by atoms with Crippen LogP contribution in [0.1, 0.15) is 10.4 Å². The molecule has 0 fully saturated rings. The molecule has 3 nitrogen and oxygen atoms in total. The quantitative estimate of drug-likeness (QED) is 0.565. The normalized spacial score (nSPS) is 10.9. The summed E-state index contributed by atoms with van der Waals surface area (Å²) in [5.74, 6) is -0.259. The summed E-state index contributed by atoms with van der Waals surface area (Å²) in [6, 6.07) is 3.89. The molecule has 78 valence electrons. The van der Waals surface area contributed by atoms with Crippen molar-refractivity contribution in [1.82, 2.24) is 4.90 Å². The highest BCUT2D eigenvalue weighted by molar-refractivity contribution is 7.11. The third-order valence-electron chi connectivity index (χ3n) is 1.93. The molecule has 0 N–H and O–H groups in total. The Labute approximate surface area is 93.3 Å². The van der Waals surface area contributed by atoms with Crippen LogP contribution in [0, 0.1) is 18.3 Å². The zero-order chi connectivity index (χ0) is 11.4. The zero-order valence-electron chi connectivity index (χ0n) is 8.94. The molecule has 0 aliphatic carbocycles. The third kappa shape index (κ3) is 2.67. The number of rotatable bonds is 2. The van der Waals surface area contributed by atoms with Gasteiger partial charge in [0.2, 0.25) is 0 Å². The fourth-order valence-corrected chi connectivity index (χ4v) is 1.90. The second kappa shape index (κ2) is 4.76. The van der Waals surface area contributed by atoms with Crippen LogP contribution >= 0.6 is 11.3 Å². The minimum atomic E-state index is -0.259. The van der Waals surface area contributed by atoms with Gasteiger partial charge in [0, 0.05) is 19.0 Å². The van der Waals surface area contributed by atoms with E-state index in [2.05, 4.69) is 0 Å². The van der Waals surface area contributed by atoms with Crippen molar-refractivity contribution in [2.45, 2.75) is 6.92 Å². The lowest BCUT2D eigenvalue weighted by Crippen LogP contribution is -2.22. The van der Waals surface area contributed by atoms with E-state index in [1.165, 1.54) is 16.2 Å². The Morgan fingerprint density at radius 3 is 2.67 bits per heavy atom. The molecule has 1 aromatic heterocycles. The van der Waals surface area contributed by atoms with Crippen molar-refractivity contribution in [3.05, 3.63) is 27.5 Å². The van der Waals surface area contributed by atoms with E-state index in [4.69, 9.17) is 5.26 Å². The molecule has 0 bridgehead atoms. The van der Waals surface area contributed by atoms with Crippen LogP contribution in [0.15, 0.2) is 17.0 Å². The molecule has 0 aliphatic rings. The van der Waals surface area contributed by atoms with Crippen LogP contribution in [0.3, 0.4) is 0 Å². The van der Waals surface area contributed by atoms with Gasteiger partial charge in [-0.25, -0.2) is 0 Å². The monoisotopic (exact) mass is 220 g/mol. The number of nitriles is 1. The van der Waals surface area contributed by atoms with Crippen LogP contribution in [0.5, 0.6) is 0 Å². The van der Waals surface area contributed by atoms with Crippen molar-refractivity contribution in [3.63, 3.8) is 0 Å². The fourth-order valence-electron chi connectivity index (χ4n) is 1.05. The van der Waals surface area contributed by atoms with Gasteiger partial charge < -0.3 is 4.90 Å². The van der Waals surface area contributed by atoms with E-state index in [1.807, 2.05) is 24.4 Å². The number of hydrogen-bond donors (Lipinski definition) is 0. The van der Waals surface area contributed by atoms with Crippen molar-refractivity contribution < 1.29 is 4.79 Å². The van der Waals surface area contributed by atoms with Crippen LogP contribution in [-0.2, 0) is 4.79 Å². The minimum Gasteiger partial charge on any atom is -0.344 e. The molecule has 1 rings (SSSR count). The van der Waals surface area contributed by atoms with Crippen molar-refractivity contribution in [2.24, 2.45) is 0 Å². The van der Waals surface area contributed by atoms with Gasteiger partial charge in [-0.15, -0.1) is 11.3 Å². The number of hydrogen-bond acceptors (Lipinski definition) is 3. The van der Waals surface area contributed by atoms with Crippen molar-refractivity contribution in [2.75, 3.05) is 14.1 Å². The molecule has 0 unspecified atom stereocenters. The SMILES string of the molecule is Cc1ccsc1/C=C(/C#N)C(=O)N(C)C. The van der Waals surface area contributed by atoms with E-state index < -0.39 is 0 Å². The number of amides is 1. The molecule has 0 saturated carbocycles. The molecule has 0 saturated heterocycles. The minimum absolute atomic E-state index is 0.172. The molecule has 0 aliphatic heterocycles. The number of carbonyl (C=O) groups is 1. The second-order valence-corrected chi connectivity index (χ2v) is 4.28. The molecule has 1 aromatic rings. The highest BCUT2D eigenvalue weighted by atomic mass is 32.1. The van der Waals surface area contributed by atoms with Gasteiger partial charge in [-0.05, 0) is 30.0 Å². The number of likely N-dealkylation sites (N-methyl/N-ethyl adjacent to an activating group) is 1. The summed E-state index contributed by atoms with van der Waals surface area (Å²) in [6.07, 6.45) is 1.64. The van der Waals surface area contributed by atoms with E-state index >= 15 is 0 Å². The summed E-state index contributed by atoms with van der Waals surface area (Å²) in [4.78, 5) is 13.9. The van der Waals surface area contributed by atoms with Crippen LogP contribution in [0.4, 0.5) is 0 Å². The van der Waals surface area contributed by atoms with E-state index in [0.29, 0.717) is 0 Å². The van der Waals surface area contributed by atoms with Gasteiger partial charge in [-0.1, -0.05) is 0 Å². The van der Waals surface area contributed by atoms with Gasteiger partial charge in [0.25, 0.3) is 5.91 Å². The highest BCUT2D eigenvalue weighted by Crippen LogP contribution is 2.19. The summed E-state index contributed by atoms with van der Waals surface area (Å²) in [7, 11) is 3.27. The van der Waals surface area contributed by atoms with Gasteiger partial charge in [0.15, 0.2) is 0 Å². The third-order valence-corrected chi connectivity index (χ3v) is 2.90. The summed E-state index contributed by atoms with van der Waals surface area (Å²) in [5, 5.41) is 10.8. The maximum absolute atomic E-state index is 11.6. The van der Waals surface area contributed by atoms with Crippen molar-refractivity contribution >= 4 is 23.3 Å². The highest BCUT2D eigenvalue weighted by Gasteiger charge is 2.11. The average molecular weight is 220 g/mol. The smallest absolute Gasteiger partial charge is 0.264 e. The predicted octanol–water partition coefficient (Wildman–Crippen LogP) is 2.05. The summed E-state index contributed by atoms with van der Waals surface area (Å²) in [5.41, 5.74) is 1.25. The first-order valence-corrected chi connectivity index (χ1v) is 5.31. The van der Waals surface area contributed by atoms with Crippen molar-refractivity contribution in [1.29, 1.82) is 5.26 Å². The maximum Gasteiger partial charge on any atom is 0.264 e. The molecular formula is C11H12N2OS. The molecule has 0 atom stereocenters. The Balaban J connectivity index is 3.05. The topological polar surface area (TPSA) is 44.1 Å². The molecule has 15 heavy (non-hydrogen) atoms. The number of aryl methyl sites for hydroxylation is 1. The van der Waals surface area contributed by atoms with Gasteiger partial charge in [0.1, 0.15) is 11.6 Å². The van der Waals surface area contributed by atoms with Crippen LogP contribution in [-0.4, -0.2) is 24.9 Å². The molecule has 0 spiro atoms. The first-order chi connectivity index (χ1) is 7.06. The van der Waals surface area contributed by atoms with Gasteiger partial charge in [-0.3, -0.25) is 4.79 Å². The molecule has 1 amide bonds. The molecule has 1 heterocycles. The lowest BCUT2D eigenvalue weighted by molar-refractivity contribution is -0.124. The van der Waals surface area contributed by atoms with E-state index in [9.17, 15) is 4.79 Å². The molecular weight excluding hydrogens is 208 g/mol. The molecule has 0 radical (unpaired) electrons. The number of thiophene rings is 1. The van der Waals surface area contributed by atoms with Crippen LogP contribution < -0.4 is 0 Å². The Morgan fingerprint density at radius 1 is 1.60 bits per heavy atom. The van der Waals surface area contributed by atoms with Crippen molar-refractivity contribution in [3.8, 4) is 6.07 Å². The summed E-state index contributed by atoms with van der Waals surface area (Å²) < 4.78 is 0. The van der Waals surface area contributed by atoms with Gasteiger partial charge >= 0.3 is 0 Å². The maximum atomic E-state index is 11.6. The second-order valence-electron chi connectivity index (χ2n) is 3.34. The average Bonchev–Trinajstić information content (AvgIpc) is 2.59. The van der Waals surface area contributed by atoms with Gasteiger partial charge in [0.05, 0.1) is 0 Å².